The van der Waals surface area contributed by atoms with E-state index in [4.69, 9.17) is 11.6 Å². The molecule has 0 saturated carbocycles. The highest BCUT2D eigenvalue weighted by Crippen LogP contribution is 2.21. The second-order valence-corrected chi connectivity index (χ2v) is 7.10. The fourth-order valence-corrected chi connectivity index (χ4v) is 3.41. The molecule has 24 heavy (non-hydrogen) atoms. The Balaban J connectivity index is 1.79. The molecule has 7 heteroatoms. The summed E-state index contributed by atoms with van der Waals surface area (Å²) in [5.74, 6) is 0.983. The number of hydrogen-bond donors (Lipinski definition) is 2. The van der Waals surface area contributed by atoms with E-state index in [-0.39, 0.29) is 11.9 Å². The first-order chi connectivity index (χ1) is 11.5. The van der Waals surface area contributed by atoms with Crippen molar-refractivity contribution in [2.24, 2.45) is 4.99 Å². The van der Waals surface area contributed by atoms with Gasteiger partial charge >= 0.3 is 0 Å². The van der Waals surface area contributed by atoms with Crippen LogP contribution in [0.1, 0.15) is 25.3 Å². The molecular formula is C17H24BrClN4O. The van der Waals surface area contributed by atoms with Crippen molar-refractivity contribution in [3.8, 4) is 0 Å². The van der Waals surface area contributed by atoms with Crippen molar-refractivity contribution in [1.82, 2.24) is 15.5 Å². The molecule has 0 bridgehead atoms. The van der Waals surface area contributed by atoms with Crippen molar-refractivity contribution in [3.05, 3.63) is 33.3 Å². The van der Waals surface area contributed by atoms with Crippen LogP contribution in [0.5, 0.6) is 0 Å². The number of halogens is 2. The Hall–Kier alpha value is -1.27. The first-order valence-corrected chi connectivity index (χ1v) is 9.39. The third-order valence-corrected chi connectivity index (χ3v) is 5.11. The summed E-state index contributed by atoms with van der Waals surface area (Å²) in [4.78, 5) is 17.9. The lowest BCUT2D eigenvalue weighted by molar-refractivity contribution is -0.129. The molecule has 1 saturated heterocycles. The van der Waals surface area contributed by atoms with Crippen LogP contribution in [0.3, 0.4) is 0 Å². The SMILES string of the molecule is CCC(=O)N1CCC(NC(=NC)NCCc2cc(Cl)ccc2Br)C1. The van der Waals surface area contributed by atoms with E-state index >= 15 is 0 Å². The lowest BCUT2D eigenvalue weighted by Gasteiger charge is -2.19. The Morgan fingerprint density at radius 1 is 1.50 bits per heavy atom. The molecular weight excluding hydrogens is 392 g/mol. The van der Waals surface area contributed by atoms with Gasteiger partial charge in [-0.2, -0.15) is 0 Å². The zero-order valence-corrected chi connectivity index (χ0v) is 16.5. The van der Waals surface area contributed by atoms with Gasteiger partial charge in [0.15, 0.2) is 5.96 Å². The van der Waals surface area contributed by atoms with Crippen LogP contribution >= 0.6 is 27.5 Å². The van der Waals surface area contributed by atoms with Crippen LogP contribution < -0.4 is 10.6 Å². The zero-order valence-electron chi connectivity index (χ0n) is 14.1. The van der Waals surface area contributed by atoms with Gasteiger partial charge in [-0.25, -0.2) is 0 Å². The highest BCUT2D eigenvalue weighted by molar-refractivity contribution is 9.10. The molecule has 0 aliphatic carbocycles. The number of rotatable bonds is 5. The topological polar surface area (TPSA) is 56.7 Å². The van der Waals surface area contributed by atoms with Gasteiger partial charge in [-0.1, -0.05) is 34.5 Å². The molecule has 1 unspecified atom stereocenters. The molecule has 1 heterocycles. The molecule has 1 aliphatic heterocycles. The third-order valence-electron chi connectivity index (χ3n) is 4.10. The summed E-state index contributed by atoms with van der Waals surface area (Å²) in [7, 11) is 1.76. The minimum absolute atomic E-state index is 0.216. The molecule has 0 aromatic heterocycles. The van der Waals surface area contributed by atoms with Crippen molar-refractivity contribution in [1.29, 1.82) is 0 Å². The minimum Gasteiger partial charge on any atom is -0.356 e. The predicted octanol–water partition coefficient (Wildman–Crippen LogP) is 2.82. The molecule has 0 spiro atoms. The van der Waals surface area contributed by atoms with E-state index in [1.54, 1.807) is 7.05 Å². The Bertz CT molecular complexity index is 608. The lowest BCUT2D eigenvalue weighted by atomic mass is 10.1. The molecule has 2 rings (SSSR count). The van der Waals surface area contributed by atoms with E-state index in [0.717, 1.165) is 53.5 Å². The van der Waals surface area contributed by atoms with Gasteiger partial charge in [0.1, 0.15) is 0 Å². The molecule has 132 valence electrons. The summed E-state index contributed by atoms with van der Waals surface area (Å²) < 4.78 is 1.06. The maximum atomic E-state index is 11.7. The number of guanidine groups is 1. The average Bonchev–Trinajstić information content (AvgIpc) is 3.04. The van der Waals surface area contributed by atoms with E-state index in [2.05, 4.69) is 31.6 Å². The Kier molecular flexibility index (Phi) is 7.37. The fourth-order valence-electron chi connectivity index (χ4n) is 2.77. The number of aliphatic imine (C=N–C) groups is 1. The number of amides is 1. The predicted molar refractivity (Wildman–Crippen MR) is 103 cm³/mol. The quantitative estimate of drug-likeness (QED) is 0.574. The molecule has 1 aromatic carbocycles. The number of carbonyl (C=O) groups is 1. The number of hydrogen-bond acceptors (Lipinski definition) is 2. The molecule has 1 atom stereocenters. The maximum Gasteiger partial charge on any atom is 0.222 e. The van der Waals surface area contributed by atoms with Gasteiger partial charge in [-0.05, 0) is 36.6 Å². The van der Waals surface area contributed by atoms with Crippen molar-refractivity contribution in [2.75, 3.05) is 26.7 Å². The number of nitrogens with zero attached hydrogens (tertiary/aromatic N) is 2. The standard InChI is InChI=1S/C17H24BrClN4O/c1-3-16(24)23-9-7-14(11-23)22-17(20-2)21-8-6-12-10-13(19)4-5-15(12)18/h4-5,10,14H,3,6-9,11H2,1-2H3,(H2,20,21,22). The monoisotopic (exact) mass is 414 g/mol. The Morgan fingerprint density at radius 3 is 3.00 bits per heavy atom. The minimum atomic E-state index is 0.216. The van der Waals surface area contributed by atoms with Gasteiger partial charge in [-0.3, -0.25) is 9.79 Å². The van der Waals surface area contributed by atoms with Gasteiger partial charge in [0.05, 0.1) is 0 Å². The second kappa shape index (κ2) is 9.28. The summed E-state index contributed by atoms with van der Waals surface area (Å²) in [6.45, 7) is 4.21. The van der Waals surface area contributed by atoms with Crippen LogP contribution in [0.25, 0.3) is 0 Å². The average molecular weight is 416 g/mol. The van der Waals surface area contributed by atoms with Crippen molar-refractivity contribution in [2.45, 2.75) is 32.2 Å². The van der Waals surface area contributed by atoms with Crippen LogP contribution in [0.2, 0.25) is 5.02 Å². The second-order valence-electron chi connectivity index (χ2n) is 5.81. The summed E-state index contributed by atoms with van der Waals surface area (Å²) in [5, 5.41) is 7.45. The highest BCUT2D eigenvalue weighted by atomic mass is 79.9. The maximum absolute atomic E-state index is 11.7. The van der Waals surface area contributed by atoms with Crippen molar-refractivity contribution in [3.63, 3.8) is 0 Å². The molecule has 1 amide bonds. The Morgan fingerprint density at radius 2 is 2.29 bits per heavy atom. The van der Waals surface area contributed by atoms with Gasteiger partial charge < -0.3 is 15.5 Å². The number of benzene rings is 1. The van der Waals surface area contributed by atoms with Gasteiger partial charge in [0.2, 0.25) is 5.91 Å². The van der Waals surface area contributed by atoms with Crippen molar-refractivity contribution < 1.29 is 4.79 Å². The molecule has 5 nitrogen and oxygen atoms in total. The fraction of sp³-hybridized carbons (Fsp3) is 0.529. The molecule has 2 N–H and O–H groups in total. The third kappa shape index (κ3) is 5.38. The van der Waals surface area contributed by atoms with E-state index in [1.165, 1.54) is 0 Å². The van der Waals surface area contributed by atoms with Crippen LogP contribution in [0, 0.1) is 0 Å². The Labute approximate surface area is 157 Å². The summed E-state index contributed by atoms with van der Waals surface area (Å²) in [5.41, 5.74) is 1.16. The molecule has 1 aliphatic rings. The smallest absolute Gasteiger partial charge is 0.222 e. The van der Waals surface area contributed by atoms with E-state index in [1.807, 2.05) is 30.0 Å². The number of likely N-dealkylation sites (tertiary alicyclic amines) is 1. The van der Waals surface area contributed by atoms with Crippen LogP contribution in [0.4, 0.5) is 0 Å². The van der Waals surface area contributed by atoms with Gasteiger partial charge in [0, 0.05) is 48.6 Å². The summed E-state index contributed by atoms with van der Waals surface area (Å²) in [6, 6.07) is 6.05. The van der Waals surface area contributed by atoms with Gasteiger partial charge in [-0.15, -0.1) is 0 Å². The van der Waals surface area contributed by atoms with Crippen molar-refractivity contribution >= 4 is 39.4 Å². The largest absolute Gasteiger partial charge is 0.356 e. The van der Waals surface area contributed by atoms with E-state index in [0.29, 0.717) is 6.42 Å². The normalized spacial score (nSPS) is 17.9. The lowest BCUT2D eigenvalue weighted by Crippen LogP contribution is -2.45. The zero-order chi connectivity index (χ0) is 17.5. The number of nitrogens with one attached hydrogen (secondary N) is 2. The number of carbonyl (C=O) groups excluding carboxylic acids is 1. The first kappa shape index (κ1) is 19.1. The van der Waals surface area contributed by atoms with Crippen LogP contribution in [-0.4, -0.2) is 49.5 Å². The highest BCUT2D eigenvalue weighted by Gasteiger charge is 2.25. The molecule has 1 aromatic rings. The van der Waals surface area contributed by atoms with E-state index < -0.39 is 0 Å². The van der Waals surface area contributed by atoms with Crippen LogP contribution in [-0.2, 0) is 11.2 Å². The van der Waals surface area contributed by atoms with E-state index in [9.17, 15) is 4.79 Å². The van der Waals surface area contributed by atoms with Crippen LogP contribution in [0.15, 0.2) is 27.7 Å². The summed E-state index contributed by atoms with van der Waals surface area (Å²) in [6.07, 6.45) is 2.35. The molecule has 1 fully saturated rings. The molecule has 0 radical (unpaired) electrons. The first-order valence-electron chi connectivity index (χ1n) is 8.22. The summed E-state index contributed by atoms with van der Waals surface area (Å²) >= 11 is 9.58. The van der Waals surface area contributed by atoms with Gasteiger partial charge in [0.25, 0.3) is 0 Å².